The number of rotatable bonds is 9. The van der Waals surface area contributed by atoms with Crippen LogP contribution in [0.25, 0.3) is 50.4 Å². The zero-order valence-corrected chi connectivity index (χ0v) is 24.1. The zero-order valence-electron chi connectivity index (χ0n) is 24.1. The van der Waals surface area contributed by atoms with Crippen LogP contribution in [0.3, 0.4) is 0 Å². The molecule has 1 saturated heterocycles. The maximum Gasteiger partial charge on any atom is 0.224 e. The van der Waals surface area contributed by atoms with Crippen molar-refractivity contribution in [3.63, 3.8) is 0 Å². The number of allylic oxidation sites excluding steroid dienone is 4. The van der Waals surface area contributed by atoms with Crippen LogP contribution in [-0.2, 0) is 21.1 Å². The van der Waals surface area contributed by atoms with Crippen molar-refractivity contribution in [1.82, 2.24) is 19.9 Å². The lowest BCUT2D eigenvalue weighted by atomic mass is 9.99. The van der Waals surface area contributed by atoms with Crippen molar-refractivity contribution in [3.05, 3.63) is 76.4 Å². The molecule has 3 aliphatic rings. The smallest absolute Gasteiger partial charge is 0.224 e. The summed E-state index contributed by atoms with van der Waals surface area (Å²) < 4.78 is 0. The second kappa shape index (κ2) is 11.2. The summed E-state index contributed by atoms with van der Waals surface area (Å²) in [6.07, 6.45) is 5.63. The number of H-pyrrole nitrogens is 2. The number of aromatic amines is 2. The summed E-state index contributed by atoms with van der Waals surface area (Å²) in [7, 11) is 0. The number of aryl methyl sites for hydroxylation is 2. The Kier molecular flexibility index (Phi) is 7.48. The predicted octanol–water partition coefficient (Wildman–Crippen LogP) is 8.03. The Hall–Kier alpha value is -3.82. The van der Waals surface area contributed by atoms with Gasteiger partial charge in [-0.3, -0.25) is 5.26 Å². The van der Waals surface area contributed by atoms with Crippen LogP contribution in [0, 0.1) is 6.92 Å². The van der Waals surface area contributed by atoms with Crippen LogP contribution in [-0.4, -0.2) is 38.1 Å². The van der Waals surface area contributed by atoms with E-state index in [0.29, 0.717) is 6.42 Å². The van der Waals surface area contributed by atoms with E-state index in [1.807, 2.05) is 6.08 Å². The van der Waals surface area contributed by atoms with Crippen molar-refractivity contribution in [3.8, 4) is 0 Å². The topological polar surface area (TPSA) is 112 Å². The van der Waals surface area contributed by atoms with Gasteiger partial charge in [0.2, 0.25) is 6.29 Å². The molecular formula is C33H36N4O4. The number of hydrogen-bond acceptors (Lipinski definition) is 6. The van der Waals surface area contributed by atoms with Gasteiger partial charge in [-0.05, 0) is 110 Å². The Balaban J connectivity index is 1.66. The lowest BCUT2D eigenvalue weighted by Gasteiger charge is -2.03. The van der Waals surface area contributed by atoms with E-state index < -0.39 is 0 Å². The maximum absolute atomic E-state index is 8.90. The van der Waals surface area contributed by atoms with E-state index in [4.69, 9.17) is 25.0 Å². The van der Waals surface area contributed by atoms with Crippen LogP contribution in [0.15, 0.2) is 36.9 Å². The molecule has 8 nitrogen and oxygen atoms in total. The predicted molar refractivity (Wildman–Crippen MR) is 163 cm³/mol. The van der Waals surface area contributed by atoms with E-state index in [-0.39, 0.29) is 12.9 Å². The SMILES string of the molecule is C=Cc1c(C)c2cc3cc(CCCOO)c(cc4nc(cc5nc(cc1[nH]2)C(C)=C5CC)C(C)=C4CCC1OO1)[nH]3. The van der Waals surface area contributed by atoms with E-state index in [9.17, 15) is 0 Å². The molecule has 8 heteroatoms. The van der Waals surface area contributed by atoms with Gasteiger partial charge in [-0.25, -0.2) is 14.9 Å². The molecule has 0 aromatic carbocycles. The van der Waals surface area contributed by atoms with E-state index in [1.165, 1.54) is 16.7 Å². The van der Waals surface area contributed by atoms with E-state index >= 15 is 0 Å². The Morgan fingerprint density at radius 3 is 2.29 bits per heavy atom. The second-order valence-corrected chi connectivity index (χ2v) is 10.9. The first-order valence-corrected chi connectivity index (χ1v) is 14.3. The molecule has 41 heavy (non-hydrogen) atoms. The molecule has 212 valence electrons. The van der Waals surface area contributed by atoms with E-state index in [1.54, 1.807) is 0 Å². The van der Waals surface area contributed by atoms with Crippen molar-refractivity contribution in [2.75, 3.05) is 6.61 Å². The Bertz CT molecular complexity index is 1750. The highest BCUT2D eigenvalue weighted by Crippen LogP contribution is 2.38. The van der Waals surface area contributed by atoms with Crippen molar-refractivity contribution >= 4 is 50.4 Å². The van der Waals surface area contributed by atoms with Gasteiger partial charge < -0.3 is 9.97 Å². The average Bonchev–Trinajstić information content (AvgIpc) is 3.43. The molecule has 0 unspecified atom stereocenters. The largest absolute Gasteiger partial charge is 0.355 e. The van der Waals surface area contributed by atoms with Gasteiger partial charge in [-0.1, -0.05) is 19.6 Å². The Morgan fingerprint density at radius 1 is 0.878 bits per heavy atom. The summed E-state index contributed by atoms with van der Waals surface area (Å²) in [5, 5.41) is 8.90. The molecule has 3 aromatic rings. The third kappa shape index (κ3) is 5.31. The Morgan fingerprint density at radius 2 is 1.59 bits per heavy atom. The lowest BCUT2D eigenvalue weighted by Crippen LogP contribution is -1.92. The number of aromatic nitrogens is 4. The van der Waals surface area contributed by atoms with Gasteiger partial charge in [-0.2, -0.15) is 9.78 Å². The maximum atomic E-state index is 8.90. The molecule has 6 heterocycles. The second-order valence-electron chi connectivity index (χ2n) is 10.9. The van der Waals surface area contributed by atoms with Gasteiger partial charge >= 0.3 is 0 Å². The summed E-state index contributed by atoms with van der Waals surface area (Å²) >= 11 is 0. The minimum atomic E-state index is -0.148. The summed E-state index contributed by atoms with van der Waals surface area (Å²) in [6.45, 7) is 12.9. The van der Waals surface area contributed by atoms with Gasteiger partial charge in [0.15, 0.2) is 0 Å². The first-order valence-electron chi connectivity index (χ1n) is 14.3. The summed E-state index contributed by atoms with van der Waals surface area (Å²) in [5.41, 5.74) is 15.8. The van der Waals surface area contributed by atoms with Crippen molar-refractivity contribution < 1.29 is 19.9 Å². The highest BCUT2D eigenvalue weighted by Gasteiger charge is 2.28. The highest BCUT2D eigenvalue weighted by atomic mass is 17.4. The van der Waals surface area contributed by atoms with Gasteiger partial charge in [0.1, 0.15) is 0 Å². The monoisotopic (exact) mass is 552 g/mol. The van der Waals surface area contributed by atoms with Crippen LogP contribution < -0.4 is 0 Å². The number of nitrogens with one attached hydrogen (secondary N) is 2. The fourth-order valence-corrected chi connectivity index (χ4v) is 5.95. The zero-order chi connectivity index (χ0) is 28.7. The van der Waals surface area contributed by atoms with Gasteiger partial charge in [0, 0.05) is 34.1 Å². The molecule has 3 N–H and O–H groups in total. The average molecular weight is 553 g/mol. The van der Waals surface area contributed by atoms with Crippen LogP contribution in [0.2, 0.25) is 0 Å². The summed E-state index contributed by atoms with van der Waals surface area (Å²) in [6, 6.07) is 10.7. The highest BCUT2D eigenvalue weighted by molar-refractivity contribution is 5.95. The van der Waals surface area contributed by atoms with Crippen LogP contribution in [0.5, 0.6) is 0 Å². The third-order valence-electron chi connectivity index (χ3n) is 8.33. The van der Waals surface area contributed by atoms with Gasteiger partial charge in [-0.15, -0.1) is 0 Å². The molecular weight excluding hydrogens is 516 g/mol. The number of hydrogen-bond donors (Lipinski definition) is 3. The normalized spacial score (nSPS) is 15.2. The fraction of sp³-hybridized carbons (Fsp3) is 0.333. The molecule has 1 fully saturated rings. The minimum absolute atomic E-state index is 0.148. The molecule has 8 bridgehead atoms. The Labute approximate surface area is 239 Å². The standard InChI is InChI=1S/C33H36N4O4/c1-6-23-18(3)26-14-22-13-21(9-8-12-39-38)29(34-22)17-32-25(10-11-33-40-41-33)20(5)28(37-32)16-31-24(7-2)19(4)27(36-31)15-30(23)35-26/h6,13-17,33-35,38H,1,7-12H2,2-5H3. The van der Waals surface area contributed by atoms with Crippen LogP contribution >= 0.6 is 0 Å². The lowest BCUT2D eigenvalue weighted by molar-refractivity contribution is -0.242. The van der Waals surface area contributed by atoms with Gasteiger partial charge in [0.25, 0.3) is 0 Å². The molecule has 3 aromatic heterocycles. The third-order valence-corrected chi connectivity index (χ3v) is 8.33. The van der Waals surface area contributed by atoms with Crippen LogP contribution in [0.4, 0.5) is 0 Å². The number of fused-ring (bicyclic) bond motifs is 8. The molecule has 0 aliphatic carbocycles. The van der Waals surface area contributed by atoms with Crippen molar-refractivity contribution in [2.45, 2.75) is 66.1 Å². The molecule has 0 spiro atoms. The van der Waals surface area contributed by atoms with Gasteiger partial charge in [0.05, 0.1) is 29.4 Å². The van der Waals surface area contributed by atoms with E-state index in [0.717, 1.165) is 92.8 Å². The molecule has 0 saturated carbocycles. The summed E-state index contributed by atoms with van der Waals surface area (Å²) in [5.74, 6) is 0. The first-order chi connectivity index (χ1) is 19.9. The van der Waals surface area contributed by atoms with Crippen molar-refractivity contribution in [2.24, 2.45) is 0 Å². The van der Waals surface area contributed by atoms with Crippen molar-refractivity contribution in [1.29, 1.82) is 0 Å². The quantitative estimate of drug-likeness (QED) is 0.107. The van der Waals surface area contributed by atoms with E-state index in [2.05, 4.69) is 79.5 Å². The fourth-order valence-electron chi connectivity index (χ4n) is 5.95. The van der Waals surface area contributed by atoms with Crippen LogP contribution in [0.1, 0.15) is 85.9 Å². The summed E-state index contributed by atoms with van der Waals surface area (Å²) in [4.78, 5) is 31.9. The molecule has 0 atom stereocenters. The molecule has 0 amide bonds. The first kappa shape index (κ1) is 27.4. The number of nitrogens with zero attached hydrogens (tertiary/aromatic N) is 2. The molecule has 3 aliphatic heterocycles. The molecule has 6 rings (SSSR count). The molecule has 0 radical (unpaired) electrons. The minimum Gasteiger partial charge on any atom is -0.355 e.